The molecule has 1 aromatic heterocycles. The first-order valence-corrected chi connectivity index (χ1v) is 7.41. The number of benzene rings is 3. The maximum Gasteiger partial charge on any atom is 0.130 e. The molecule has 2 nitrogen and oxygen atoms in total. The van der Waals surface area contributed by atoms with Crippen LogP contribution in [0.1, 0.15) is 5.56 Å². The van der Waals surface area contributed by atoms with Gasteiger partial charge in [0.25, 0.3) is 0 Å². The predicted octanol–water partition coefficient (Wildman–Crippen LogP) is 5.44. The highest BCUT2D eigenvalue weighted by atomic mass is 15.0. The van der Waals surface area contributed by atoms with Crippen molar-refractivity contribution in [2.24, 2.45) is 0 Å². The molecule has 2 heteroatoms. The first-order chi connectivity index (χ1) is 10.8. The molecule has 106 valence electrons. The Hall–Kier alpha value is -2.87. The summed E-state index contributed by atoms with van der Waals surface area (Å²) in [7, 11) is 0. The number of rotatable bonds is 2. The summed E-state index contributed by atoms with van der Waals surface area (Å²) in [6.45, 7) is 2.15. The van der Waals surface area contributed by atoms with Crippen molar-refractivity contribution in [2.45, 2.75) is 6.92 Å². The molecule has 0 unspecified atom stereocenters. The number of nitrogens with one attached hydrogen (secondary N) is 1. The van der Waals surface area contributed by atoms with E-state index in [-0.39, 0.29) is 0 Å². The van der Waals surface area contributed by atoms with Crippen LogP contribution in [0.25, 0.3) is 21.5 Å². The van der Waals surface area contributed by atoms with Gasteiger partial charge < -0.3 is 5.32 Å². The molecule has 0 radical (unpaired) electrons. The summed E-state index contributed by atoms with van der Waals surface area (Å²) in [6.07, 6.45) is 1.80. The molecule has 22 heavy (non-hydrogen) atoms. The number of fused-ring (bicyclic) bond motifs is 2. The second-order valence-corrected chi connectivity index (χ2v) is 5.55. The second kappa shape index (κ2) is 5.15. The smallest absolute Gasteiger partial charge is 0.130 e. The molecule has 0 saturated heterocycles. The molecule has 0 atom stereocenters. The SMILES string of the molecule is Cc1cc(Nc2ccccn2)cc2cc3ccccc3cc12. The van der Waals surface area contributed by atoms with Crippen LogP contribution in [-0.4, -0.2) is 4.98 Å². The van der Waals surface area contributed by atoms with E-state index in [2.05, 4.69) is 65.8 Å². The Morgan fingerprint density at radius 2 is 1.55 bits per heavy atom. The summed E-state index contributed by atoms with van der Waals surface area (Å²) >= 11 is 0. The van der Waals surface area contributed by atoms with E-state index < -0.39 is 0 Å². The molecule has 4 rings (SSSR count). The number of hydrogen-bond donors (Lipinski definition) is 1. The maximum absolute atomic E-state index is 4.32. The van der Waals surface area contributed by atoms with Crippen molar-refractivity contribution in [3.8, 4) is 0 Å². The van der Waals surface area contributed by atoms with Crippen LogP contribution < -0.4 is 5.32 Å². The average Bonchev–Trinajstić information content (AvgIpc) is 2.54. The van der Waals surface area contributed by atoms with Crippen molar-refractivity contribution in [3.05, 3.63) is 78.5 Å². The molecule has 4 aromatic rings. The summed E-state index contributed by atoms with van der Waals surface area (Å²) in [4.78, 5) is 4.32. The quantitative estimate of drug-likeness (QED) is 0.496. The zero-order valence-corrected chi connectivity index (χ0v) is 12.4. The van der Waals surface area contributed by atoms with Crippen molar-refractivity contribution in [1.82, 2.24) is 4.98 Å². The van der Waals surface area contributed by atoms with E-state index in [1.165, 1.54) is 27.1 Å². The molecular weight excluding hydrogens is 268 g/mol. The fraction of sp³-hybridized carbons (Fsp3) is 0.0500. The van der Waals surface area contributed by atoms with Gasteiger partial charge in [-0.25, -0.2) is 4.98 Å². The number of nitrogens with zero attached hydrogens (tertiary/aromatic N) is 1. The molecule has 0 amide bonds. The van der Waals surface area contributed by atoms with E-state index in [1.807, 2.05) is 18.2 Å². The Kier molecular flexibility index (Phi) is 3.01. The van der Waals surface area contributed by atoms with Gasteiger partial charge in [0.2, 0.25) is 0 Å². The molecule has 0 saturated carbocycles. The summed E-state index contributed by atoms with van der Waals surface area (Å²) in [5.41, 5.74) is 2.33. The van der Waals surface area contributed by atoms with Crippen molar-refractivity contribution in [2.75, 3.05) is 5.32 Å². The lowest BCUT2D eigenvalue weighted by atomic mass is 9.99. The van der Waals surface area contributed by atoms with Gasteiger partial charge >= 0.3 is 0 Å². The van der Waals surface area contributed by atoms with E-state index in [0.717, 1.165) is 11.5 Å². The summed E-state index contributed by atoms with van der Waals surface area (Å²) in [6, 6.07) is 23.2. The molecule has 0 spiro atoms. The van der Waals surface area contributed by atoms with Gasteiger partial charge in [-0.2, -0.15) is 0 Å². The molecule has 0 aliphatic heterocycles. The second-order valence-electron chi connectivity index (χ2n) is 5.55. The zero-order chi connectivity index (χ0) is 14.9. The first-order valence-electron chi connectivity index (χ1n) is 7.41. The lowest BCUT2D eigenvalue weighted by molar-refractivity contribution is 1.31. The van der Waals surface area contributed by atoms with E-state index in [0.29, 0.717) is 0 Å². The molecule has 3 aromatic carbocycles. The predicted molar refractivity (Wildman–Crippen MR) is 93.7 cm³/mol. The highest BCUT2D eigenvalue weighted by Gasteiger charge is 2.04. The Labute approximate surface area is 129 Å². The molecule has 1 heterocycles. The fourth-order valence-corrected chi connectivity index (χ4v) is 2.90. The third-order valence-corrected chi connectivity index (χ3v) is 3.96. The minimum absolute atomic E-state index is 0.863. The standard InChI is InChI=1S/C20H16N2/c1-14-10-18(22-20-8-4-5-9-21-20)12-17-11-15-6-2-3-7-16(15)13-19(14)17/h2-13H,1H3,(H,21,22). The fourth-order valence-electron chi connectivity index (χ4n) is 2.90. The van der Waals surface area contributed by atoms with Crippen LogP contribution in [0.2, 0.25) is 0 Å². The number of hydrogen-bond acceptors (Lipinski definition) is 2. The van der Waals surface area contributed by atoms with Crippen LogP contribution in [0.5, 0.6) is 0 Å². The number of pyridine rings is 1. The van der Waals surface area contributed by atoms with E-state index in [1.54, 1.807) is 6.20 Å². The van der Waals surface area contributed by atoms with Gasteiger partial charge in [-0.1, -0.05) is 30.3 Å². The summed E-state index contributed by atoms with van der Waals surface area (Å²) < 4.78 is 0. The molecular formula is C20H16N2. The van der Waals surface area contributed by atoms with E-state index >= 15 is 0 Å². The molecule has 0 aliphatic carbocycles. The Bertz CT molecular complexity index is 959. The highest BCUT2D eigenvalue weighted by molar-refractivity contribution is 6.01. The number of aryl methyl sites for hydroxylation is 1. The van der Waals surface area contributed by atoms with Crippen LogP contribution in [0.3, 0.4) is 0 Å². The van der Waals surface area contributed by atoms with Crippen LogP contribution in [0.15, 0.2) is 72.9 Å². The van der Waals surface area contributed by atoms with Gasteiger partial charge in [-0.05, 0) is 70.4 Å². The van der Waals surface area contributed by atoms with Crippen molar-refractivity contribution in [3.63, 3.8) is 0 Å². The minimum Gasteiger partial charge on any atom is -0.340 e. The van der Waals surface area contributed by atoms with E-state index in [4.69, 9.17) is 0 Å². The molecule has 1 N–H and O–H groups in total. The Balaban J connectivity index is 1.86. The van der Waals surface area contributed by atoms with Gasteiger partial charge in [0.05, 0.1) is 0 Å². The summed E-state index contributed by atoms with van der Waals surface area (Å²) in [5, 5.41) is 8.47. The first kappa shape index (κ1) is 12.8. The highest BCUT2D eigenvalue weighted by Crippen LogP contribution is 2.29. The maximum atomic E-state index is 4.32. The normalized spacial score (nSPS) is 11.0. The van der Waals surface area contributed by atoms with Gasteiger partial charge in [0.15, 0.2) is 0 Å². The molecule has 0 aliphatic rings. The van der Waals surface area contributed by atoms with Gasteiger partial charge in [0, 0.05) is 11.9 Å². The lowest BCUT2D eigenvalue weighted by Gasteiger charge is -2.10. The van der Waals surface area contributed by atoms with Crippen molar-refractivity contribution in [1.29, 1.82) is 0 Å². The lowest BCUT2D eigenvalue weighted by Crippen LogP contribution is -1.93. The minimum atomic E-state index is 0.863. The third kappa shape index (κ3) is 2.29. The van der Waals surface area contributed by atoms with Crippen molar-refractivity contribution >= 4 is 33.1 Å². The number of aromatic nitrogens is 1. The van der Waals surface area contributed by atoms with Gasteiger partial charge in [0.1, 0.15) is 5.82 Å². The van der Waals surface area contributed by atoms with Gasteiger partial charge in [-0.3, -0.25) is 0 Å². The van der Waals surface area contributed by atoms with Crippen LogP contribution in [-0.2, 0) is 0 Å². The topological polar surface area (TPSA) is 24.9 Å². The Morgan fingerprint density at radius 3 is 2.32 bits per heavy atom. The molecule has 0 bridgehead atoms. The van der Waals surface area contributed by atoms with Crippen LogP contribution in [0.4, 0.5) is 11.5 Å². The largest absolute Gasteiger partial charge is 0.340 e. The van der Waals surface area contributed by atoms with Gasteiger partial charge in [-0.15, -0.1) is 0 Å². The number of anilines is 2. The third-order valence-electron chi connectivity index (χ3n) is 3.96. The van der Waals surface area contributed by atoms with Crippen LogP contribution in [0, 0.1) is 6.92 Å². The summed E-state index contributed by atoms with van der Waals surface area (Å²) in [5.74, 6) is 0.863. The van der Waals surface area contributed by atoms with Crippen molar-refractivity contribution < 1.29 is 0 Å². The monoisotopic (exact) mass is 284 g/mol. The molecule has 0 fully saturated rings. The zero-order valence-electron chi connectivity index (χ0n) is 12.4. The average molecular weight is 284 g/mol. The Morgan fingerprint density at radius 1 is 0.773 bits per heavy atom. The van der Waals surface area contributed by atoms with Crippen LogP contribution >= 0.6 is 0 Å². The van der Waals surface area contributed by atoms with E-state index in [9.17, 15) is 0 Å².